The molecule has 33 heavy (non-hydrogen) atoms. The van der Waals surface area contributed by atoms with Gasteiger partial charge in [-0.15, -0.1) is 0 Å². The van der Waals surface area contributed by atoms with E-state index in [0.717, 1.165) is 12.0 Å². The number of ether oxygens (including phenoxy) is 2. The first-order valence-corrected chi connectivity index (χ1v) is 10.7. The first-order valence-electron chi connectivity index (χ1n) is 10.7. The topological polar surface area (TPSA) is 76.6 Å². The number of methoxy groups -OCH3 is 1. The predicted octanol–water partition coefficient (Wildman–Crippen LogP) is 5.20. The second-order valence-electron chi connectivity index (χ2n) is 7.36. The van der Waals surface area contributed by atoms with Gasteiger partial charge in [-0.1, -0.05) is 37.3 Å². The average molecular weight is 437 g/mol. The van der Waals surface area contributed by atoms with Crippen LogP contribution in [0.15, 0.2) is 71.7 Å². The molecule has 2 aromatic carbocycles. The van der Waals surface area contributed by atoms with Gasteiger partial charge in [0, 0.05) is 11.8 Å². The van der Waals surface area contributed by atoms with Crippen LogP contribution in [0.4, 0.5) is 0 Å². The van der Waals surface area contributed by atoms with Crippen LogP contribution in [0.25, 0.3) is 28.9 Å². The largest absolute Gasteiger partial charge is 0.493 e. The fourth-order valence-electron chi connectivity index (χ4n) is 3.56. The Bertz CT molecular complexity index is 1410. The minimum atomic E-state index is -0.182. The number of hydrogen-bond acceptors (Lipinski definition) is 5. The van der Waals surface area contributed by atoms with Gasteiger partial charge in [0.1, 0.15) is 5.65 Å². The quantitative estimate of drug-likeness (QED) is 0.397. The van der Waals surface area contributed by atoms with Gasteiger partial charge < -0.3 is 9.47 Å². The highest BCUT2D eigenvalue weighted by molar-refractivity contribution is 5.81. The molecule has 164 valence electrons. The van der Waals surface area contributed by atoms with Gasteiger partial charge in [-0.2, -0.15) is 5.26 Å². The summed E-state index contributed by atoms with van der Waals surface area (Å²) in [4.78, 5) is 18.1. The maximum atomic E-state index is 13.4. The second kappa shape index (κ2) is 9.84. The van der Waals surface area contributed by atoms with Crippen molar-refractivity contribution >= 4 is 17.8 Å². The molecule has 0 saturated heterocycles. The highest BCUT2D eigenvalue weighted by Gasteiger charge is 2.14. The highest BCUT2D eigenvalue weighted by Crippen LogP contribution is 2.33. The normalized spacial score (nSPS) is 10.9. The zero-order valence-corrected chi connectivity index (χ0v) is 18.5. The van der Waals surface area contributed by atoms with Gasteiger partial charge in [0.15, 0.2) is 11.5 Å². The van der Waals surface area contributed by atoms with Gasteiger partial charge in [-0.05, 0) is 54.5 Å². The van der Waals surface area contributed by atoms with Crippen molar-refractivity contribution in [1.29, 1.82) is 5.26 Å². The minimum Gasteiger partial charge on any atom is -0.493 e. The van der Waals surface area contributed by atoms with Gasteiger partial charge in [0.2, 0.25) is 0 Å². The Morgan fingerprint density at radius 1 is 1.06 bits per heavy atom. The Hall–Kier alpha value is -4.37. The summed E-state index contributed by atoms with van der Waals surface area (Å²) in [7, 11) is 1.61. The Labute approximate surface area is 192 Å². The summed E-state index contributed by atoms with van der Waals surface area (Å²) >= 11 is 0. The molecular weight excluding hydrogens is 414 g/mol. The lowest BCUT2D eigenvalue weighted by molar-refractivity contribution is 0.293. The Kier molecular flexibility index (Phi) is 6.51. The molecule has 2 aromatic heterocycles. The van der Waals surface area contributed by atoms with Crippen molar-refractivity contribution in [2.24, 2.45) is 0 Å². The van der Waals surface area contributed by atoms with Crippen LogP contribution in [0, 0.1) is 11.3 Å². The molecule has 4 rings (SSSR count). The monoisotopic (exact) mass is 437 g/mol. The fourth-order valence-corrected chi connectivity index (χ4v) is 3.56. The number of nitriles is 1. The van der Waals surface area contributed by atoms with Crippen LogP contribution in [0.2, 0.25) is 0 Å². The maximum Gasteiger partial charge on any atom is 0.266 e. The third kappa shape index (κ3) is 4.48. The van der Waals surface area contributed by atoms with Gasteiger partial charge in [-0.25, -0.2) is 4.98 Å². The molecule has 6 nitrogen and oxygen atoms in total. The molecule has 4 aromatic rings. The number of rotatable bonds is 7. The Morgan fingerprint density at radius 2 is 1.88 bits per heavy atom. The highest BCUT2D eigenvalue weighted by atomic mass is 16.5. The summed E-state index contributed by atoms with van der Waals surface area (Å²) in [6, 6.07) is 20.1. The van der Waals surface area contributed by atoms with E-state index in [-0.39, 0.29) is 5.56 Å². The van der Waals surface area contributed by atoms with Crippen molar-refractivity contribution in [2.75, 3.05) is 13.7 Å². The molecule has 2 heterocycles. The predicted molar refractivity (Wildman–Crippen MR) is 129 cm³/mol. The van der Waals surface area contributed by atoms with E-state index in [1.54, 1.807) is 49.7 Å². The zero-order chi connectivity index (χ0) is 23.2. The number of aromatic nitrogens is 2. The molecule has 0 N–H and O–H groups in total. The summed E-state index contributed by atoms with van der Waals surface area (Å²) in [6.45, 7) is 2.61. The molecule has 0 saturated carbocycles. The molecule has 0 fully saturated rings. The summed E-state index contributed by atoms with van der Waals surface area (Å²) in [5, 5.41) is 9.13. The van der Waals surface area contributed by atoms with Crippen molar-refractivity contribution in [3.05, 3.63) is 94.0 Å². The van der Waals surface area contributed by atoms with E-state index >= 15 is 0 Å². The number of hydrogen-bond donors (Lipinski definition) is 0. The smallest absolute Gasteiger partial charge is 0.266 e. The average Bonchev–Trinajstić information content (AvgIpc) is 2.86. The molecule has 0 spiro atoms. The van der Waals surface area contributed by atoms with Crippen LogP contribution in [-0.4, -0.2) is 23.1 Å². The lowest BCUT2D eigenvalue weighted by Gasteiger charge is -2.13. The van der Waals surface area contributed by atoms with Crippen LogP contribution in [0.1, 0.15) is 30.2 Å². The van der Waals surface area contributed by atoms with E-state index in [2.05, 4.69) is 6.07 Å². The van der Waals surface area contributed by atoms with Crippen molar-refractivity contribution < 1.29 is 9.47 Å². The Balaban J connectivity index is 1.88. The summed E-state index contributed by atoms with van der Waals surface area (Å²) in [5.41, 5.74) is 3.39. The molecule has 0 radical (unpaired) electrons. The number of benzene rings is 2. The van der Waals surface area contributed by atoms with Crippen LogP contribution in [0.5, 0.6) is 11.5 Å². The van der Waals surface area contributed by atoms with Crippen molar-refractivity contribution in [3.8, 4) is 28.7 Å². The lowest BCUT2D eigenvalue weighted by Crippen LogP contribution is -2.18. The number of pyridine rings is 1. The lowest BCUT2D eigenvalue weighted by atomic mass is 10.0. The molecular formula is C27H23N3O3. The van der Waals surface area contributed by atoms with Gasteiger partial charge in [0.05, 0.1) is 36.6 Å². The number of para-hydroxylation sites is 1. The second-order valence-corrected chi connectivity index (χ2v) is 7.36. The van der Waals surface area contributed by atoms with Crippen molar-refractivity contribution in [2.45, 2.75) is 13.3 Å². The molecule has 0 unspecified atom stereocenters. The van der Waals surface area contributed by atoms with E-state index < -0.39 is 0 Å². The molecule has 0 aliphatic carbocycles. The molecule has 0 amide bonds. The molecule has 0 bridgehead atoms. The third-order valence-electron chi connectivity index (χ3n) is 5.17. The van der Waals surface area contributed by atoms with Gasteiger partial charge in [-0.3, -0.25) is 9.20 Å². The standard InChI is InChI=1S/C27H23N3O3/c1-3-17-33-26-21(7-6-8-23(26)32-2)14-15-22-25(20-12-10-19(18-28)11-13-20)27(31)30-16-5-4-9-24(30)29-22/h4-16H,3,17H2,1-2H3/b15-14+. The van der Waals surface area contributed by atoms with Crippen LogP contribution < -0.4 is 15.0 Å². The van der Waals surface area contributed by atoms with Crippen LogP contribution in [-0.2, 0) is 0 Å². The zero-order valence-electron chi connectivity index (χ0n) is 18.5. The van der Waals surface area contributed by atoms with E-state index in [4.69, 9.17) is 19.7 Å². The number of nitrogens with zero attached hydrogens (tertiary/aromatic N) is 3. The van der Waals surface area contributed by atoms with Crippen molar-refractivity contribution in [1.82, 2.24) is 9.38 Å². The molecule has 0 atom stereocenters. The van der Waals surface area contributed by atoms with E-state index in [1.807, 2.05) is 43.3 Å². The van der Waals surface area contributed by atoms with Crippen molar-refractivity contribution in [3.63, 3.8) is 0 Å². The van der Waals surface area contributed by atoms with Gasteiger partial charge >= 0.3 is 0 Å². The van der Waals surface area contributed by atoms with Gasteiger partial charge in [0.25, 0.3) is 5.56 Å². The minimum absolute atomic E-state index is 0.182. The maximum absolute atomic E-state index is 13.4. The Morgan fingerprint density at radius 3 is 2.61 bits per heavy atom. The van der Waals surface area contributed by atoms with E-state index in [0.29, 0.717) is 46.1 Å². The first kappa shape index (κ1) is 21.8. The van der Waals surface area contributed by atoms with Crippen LogP contribution >= 0.6 is 0 Å². The summed E-state index contributed by atoms with van der Waals surface area (Å²) in [5.74, 6) is 1.29. The SMILES string of the molecule is CCCOc1c(/C=C/c2nc3ccccn3c(=O)c2-c2ccc(C#N)cc2)cccc1OC. The van der Waals surface area contributed by atoms with Crippen LogP contribution in [0.3, 0.4) is 0 Å². The molecule has 0 aliphatic rings. The fraction of sp³-hybridized carbons (Fsp3) is 0.148. The van der Waals surface area contributed by atoms with E-state index in [9.17, 15) is 4.79 Å². The summed E-state index contributed by atoms with van der Waals surface area (Å²) in [6.07, 6.45) is 6.26. The first-order chi connectivity index (χ1) is 16.2. The summed E-state index contributed by atoms with van der Waals surface area (Å²) < 4.78 is 12.9. The number of fused-ring (bicyclic) bond motifs is 1. The molecule has 0 aliphatic heterocycles. The molecule has 6 heteroatoms. The third-order valence-corrected chi connectivity index (χ3v) is 5.17. The van der Waals surface area contributed by atoms with E-state index in [1.165, 1.54) is 4.40 Å².